The van der Waals surface area contributed by atoms with Crippen LogP contribution in [0, 0.1) is 17.3 Å². The van der Waals surface area contributed by atoms with Gasteiger partial charge >= 0.3 is 12.0 Å². The van der Waals surface area contributed by atoms with Crippen LogP contribution in [0.3, 0.4) is 0 Å². The highest BCUT2D eigenvalue weighted by molar-refractivity contribution is 9.10. The monoisotopic (exact) mass is 428 g/mol. The number of carbonyl (C=O) groups excluding carboxylic acids is 3. The van der Waals surface area contributed by atoms with Gasteiger partial charge in [-0.25, -0.2) is 4.79 Å². The van der Waals surface area contributed by atoms with Gasteiger partial charge in [0.15, 0.2) is 6.61 Å². The molecule has 4 saturated carbocycles. The molecule has 4 aliphatic carbocycles. The minimum atomic E-state index is -0.609. The summed E-state index contributed by atoms with van der Waals surface area (Å²) >= 11 is 3.93. The Hall–Kier alpha value is -1.11. The van der Waals surface area contributed by atoms with Crippen molar-refractivity contribution in [2.75, 3.05) is 6.61 Å². The summed E-state index contributed by atoms with van der Waals surface area (Å²) < 4.78 is 5.35. The van der Waals surface area contributed by atoms with Crippen molar-refractivity contribution < 1.29 is 19.1 Å². The first-order valence-electron chi connectivity index (χ1n) is 9.43. The second kappa shape index (κ2) is 6.80. The van der Waals surface area contributed by atoms with Crippen molar-refractivity contribution in [3.63, 3.8) is 0 Å². The van der Waals surface area contributed by atoms with Crippen LogP contribution in [0.1, 0.15) is 65.7 Å². The third-order valence-corrected chi connectivity index (χ3v) is 6.66. The summed E-state index contributed by atoms with van der Waals surface area (Å²) in [6.07, 6.45) is 7.28. The lowest BCUT2D eigenvalue weighted by Crippen LogP contribution is -2.53. The third-order valence-electron chi connectivity index (χ3n) is 5.74. The summed E-state index contributed by atoms with van der Waals surface area (Å²) in [4.78, 5) is 35.8. The lowest BCUT2D eigenvalue weighted by Gasteiger charge is -2.60. The quantitative estimate of drug-likeness (QED) is 0.531. The average Bonchev–Trinajstić information content (AvgIpc) is 2.39. The molecule has 0 heterocycles. The molecule has 4 aliphatic rings. The van der Waals surface area contributed by atoms with Crippen molar-refractivity contribution in [3.05, 3.63) is 0 Å². The molecule has 0 aromatic rings. The molecule has 0 radical (unpaired) electrons. The number of carbonyl (C=O) groups is 3. The smallest absolute Gasteiger partial charge is 0.321 e. The standard InChI is InChI=1S/C19H29BrN2O4/c1-17(2,3)22-16(25)21-14(23)10-26-15(24)9-18-5-12-4-13(6-18)8-19(20,7-12)11-18/h12-13H,4-11H2,1-3H3,(H2,21,22,23,25)/t12-,13-,18?,19?/m1/s1. The van der Waals surface area contributed by atoms with Gasteiger partial charge in [-0.1, -0.05) is 15.9 Å². The van der Waals surface area contributed by atoms with Crippen LogP contribution in [0.5, 0.6) is 0 Å². The Morgan fingerprint density at radius 2 is 1.73 bits per heavy atom. The van der Waals surface area contributed by atoms with Crippen molar-refractivity contribution in [1.29, 1.82) is 0 Å². The number of rotatable bonds is 4. The van der Waals surface area contributed by atoms with Crippen LogP contribution in [0.4, 0.5) is 4.79 Å². The molecule has 26 heavy (non-hydrogen) atoms. The summed E-state index contributed by atoms with van der Waals surface area (Å²) in [5.74, 6) is 0.456. The zero-order valence-electron chi connectivity index (χ0n) is 15.8. The normalized spacial score (nSPS) is 35.1. The van der Waals surface area contributed by atoms with Crippen LogP contribution in [-0.4, -0.2) is 34.4 Å². The van der Waals surface area contributed by atoms with E-state index in [1.54, 1.807) is 0 Å². The van der Waals surface area contributed by atoms with Crippen LogP contribution in [0.25, 0.3) is 0 Å². The van der Waals surface area contributed by atoms with E-state index >= 15 is 0 Å². The van der Waals surface area contributed by atoms with Gasteiger partial charge in [-0.15, -0.1) is 0 Å². The first kappa shape index (κ1) is 19.6. The van der Waals surface area contributed by atoms with E-state index in [0.29, 0.717) is 18.3 Å². The molecule has 6 nitrogen and oxygen atoms in total. The zero-order chi connectivity index (χ0) is 19.2. The van der Waals surface area contributed by atoms with E-state index < -0.39 is 24.1 Å². The first-order chi connectivity index (χ1) is 12.0. The van der Waals surface area contributed by atoms with Crippen molar-refractivity contribution in [2.24, 2.45) is 17.3 Å². The molecule has 146 valence electrons. The fraction of sp³-hybridized carbons (Fsp3) is 0.842. The maximum atomic E-state index is 12.3. The van der Waals surface area contributed by atoms with Gasteiger partial charge < -0.3 is 10.1 Å². The molecule has 0 spiro atoms. The van der Waals surface area contributed by atoms with Crippen molar-refractivity contribution >= 4 is 33.8 Å². The number of hydrogen-bond acceptors (Lipinski definition) is 4. The number of amides is 3. The zero-order valence-corrected chi connectivity index (χ0v) is 17.4. The van der Waals surface area contributed by atoms with E-state index in [9.17, 15) is 14.4 Å². The maximum Gasteiger partial charge on any atom is 0.321 e. The first-order valence-corrected chi connectivity index (χ1v) is 10.2. The number of hydrogen-bond donors (Lipinski definition) is 2. The molecule has 4 fully saturated rings. The summed E-state index contributed by atoms with van der Waals surface area (Å²) in [6, 6.07) is -0.583. The van der Waals surface area contributed by atoms with E-state index in [0.717, 1.165) is 19.3 Å². The predicted octanol–water partition coefficient (Wildman–Crippen LogP) is 3.28. The molecular formula is C19H29BrN2O4. The number of ether oxygens (including phenoxy) is 1. The molecule has 3 amide bonds. The van der Waals surface area contributed by atoms with Gasteiger partial charge in [-0.2, -0.15) is 0 Å². The Labute approximate surface area is 163 Å². The van der Waals surface area contributed by atoms with Gasteiger partial charge in [0, 0.05) is 9.86 Å². The second-order valence-corrected chi connectivity index (χ2v) is 11.4. The Morgan fingerprint density at radius 1 is 1.12 bits per heavy atom. The van der Waals surface area contributed by atoms with Gasteiger partial charge in [0.1, 0.15) is 0 Å². The van der Waals surface area contributed by atoms with Crippen LogP contribution in [0.15, 0.2) is 0 Å². The summed E-state index contributed by atoms with van der Waals surface area (Å²) in [7, 11) is 0. The average molecular weight is 429 g/mol. The molecule has 4 rings (SSSR count). The minimum Gasteiger partial charge on any atom is -0.456 e. The number of halogens is 1. The molecule has 0 aromatic carbocycles. The van der Waals surface area contributed by atoms with Gasteiger partial charge in [0.25, 0.3) is 5.91 Å². The maximum absolute atomic E-state index is 12.3. The lowest BCUT2D eigenvalue weighted by atomic mass is 9.49. The highest BCUT2D eigenvalue weighted by atomic mass is 79.9. The predicted molar refractivity (Wildman–Crippen MR) is 101 cm³/mol. The van der Waals surface area contributed by atoms with Gasteiger partial charge in [-0.05, 0) is 76.5 Å². The van der Waals surface area contributed by atoms with Gasteiger partial charge in [-0.3, -0.25) is 14.9 Å². The molecule has 0 unspecified atom stereocenters. The minimum absolute atomic E-state index is 0.0186. The van der Waals surface area contributed by atoms with Crippen molar-refractivity contribution in [3.8, 4) is 0 Å². The number of esters is 1. The number of nitrogens with one attached hydrogen (secondary N) is 2. The molecule has 4 bridgehead atoms. The largest absolute Gasteiger partial charge is 0.456 e. The van der Waals surface area contributed by atoms with E-state index in [1.165, 1.54) is 19.3 Å². The van der Waals surface area contributed by atoms with Crippen LogP contribution >= 0.6 is 15.9 Å². The number of urea groups is 1. The van der Waals surface area contributed by atoms with Crippen molar-refractivity contribution in [2.45, 2.75) is 75.6 Å². The Balaban J connectivity index is 1.46. The summed E-state index contributed by atoms with van der Waals surface area (Å²) in [5, 5.41) is 4.81. The highest BCUT2D eigenvalue weighted by Gasteiger charge is 2.57. The molecule has 0 aromatic heterocycles. The highest BCUT2D eigenvalue weighted by Crippen LogP contribution is 2.65. The molecular weight excluding hydrogens is 400 g/mol. The van der Waals surface area contributed by atoms with E-state index in [4.69, 9.17) is 4.74 Å². The second-order valence-electron chi connectivity index (χ2n) is 9.70. The fourth-order valence-corrected chi connectivity index (χ4v) is 7.09. The van der Waals surface area contributed by atoms with Crippen molar-refractivity contribution in [1.82, 2.24) is 10.6 Å². The van der Waals surface area contributed by atoms with Crippen LogP contribution < -0.4 is 10.6 Å². The number of alkyl halides is 1. The van der Waals surface area contributed by atoms with Crippen LogP contribution in [0.2, 0.25) is 0 Å². The fourth-order valence-electron chi connectivity index (χ4n) is 5.58. The van der Waals surface area contributed by atoms with Gasteiger partial charge in [0.05, 0.1) is 6.42 Å². The third kappa shape index (κ3) is 4.78. The summed E-state index contributed by atoms with van der Waals surface area (Å²) in [6.45, 7) is 5.04. The molecule has 0 saturated heterocycles. The molecule has 7 heteroatoms. The van der Waals surface area contributed by atoms with E-state index in [-0.39, 0.29) is 15.7 Å². The Morgan fingerprint density at radius 3 is 2.27 bits per heavy atom. The molecule has 2 N–H and O–H groups in total. The number of imide groups is 1. The topological polar surface area (TPSA) is 84.5 Å². The Bertz CT molecular complexity index is 599. The van der Waals surface area contributed by atoms with Gasteiger partial charge in [0.2, 0.25) is 0 Å². The lowest BCUT2D eigenvalue weighted by molar-refractivity contribution is -0.154. The van der Waals surface area contributed by atoms with E-state index in [1.807, 2.05) is 20.8 Å². The SMILES string of the molecule is CC(C)(C)NC(=O)NC(=O)COC(=O)CC12C[C@H]3C[C@@H](CC(Br)(C3)C1)C2. The molecule has 0 aliphatic heterocycles. The van der Waals surface area contributed by atoms with E-state index in [2.05, 4.69) is 26.6 Å². The Kier molecular flexibility index (Phi) is 5.14. The summed E-state index contributed by atoms with van der Waals surface area (Å²) in [5.41, 5.74) is -0.421. The molecule has 2 atom stereocenters. The van der Waals surface area contributed by atoms with Crippen LogP contribution in [-0.2, 0) is 14.3 Å².